The summed E-state index contributed by atoms with van der Waals surface area (Å²) in [5.74, 6) is 1.82. The van der Waals surface area contributed by atoms with Crippen molar-refractivity contribution in [2.45, 2.75) is 39.5 Å². The van der Waals surface area contributed by atoms with Crippen LogP contribution in [-0.4, -0.2) is 63.8 Å². The molecule has 0 atom stereocenters. The van der Waals surface area contributed by atoms with Gasteiger partial charge in [-0.1, -0.05) is 6.92 Å². The van der Waals surface area contributed by atoms with Crippen LogP contribution in [0.2, 0.25) is 0 Å². The fourth-order valence-corrected chi connectivity index (χ4v) is 2.54. The van der Waals surface area contributed by atoms with Gasteiger partial charge in [0.1, 0.15) is 0 Å². The lowest BCUT2D eigenvalue weighted by Gasteiger charge is -2.30. The number of likely N-dealkylation sites (tertiary alicyclic amines) is 1. The highest BCUT2D eigenvalue weighted by molar-refractivity contribution is 14.0. The van der Waals surface area contributed by atoms with Gasteiger partial charge in [-0.2, -0.15) is 0 Å². The van der Waals surface area contributed by atoms with E-state index in [0.29, 0.717) is 0 Å². The van der Waals surface area contributed by atoms with Crippen LogP contribution in [0.3, 0.4) is 0 Å². The molecule has 0 aliphatic carbocycles. The monoisotopic (exact) mass is 426 g/mol. The maximum Gasteiger partial charge on any atom is 0.190 e. The summed E-state index contributed by atoms with van der Waals surface area (Å²) < 4.78 is 5.32. The molecule has 0 bridgehead atoms. The van der Waals surface area contributed by atoms with Crippen molar-refractivity contribution >= 4 is 29.9 Å². The standard InChI is InChI=1S/C16H34N4O.HI/c1-4-21-14-6-10-19-16(17-3)18-9-5-11-20-12-7-15(2)8-13-20;/h15H,4-14H2,1-3H3,(H2,17,18,19);1H. The lowest BCUT2D eigenvalue weighted by molar-refractivity contribution is 0.145. The molecular formula is C16H35IN4O. The van der Waals surface area contributed by atoms with Crippen molar-refractivity contribution in [3.05, 3.63) is 0 Å². The number of nitrogens with zero attached hydrogens (tertiary/aromatic N) is 2. The molecule has 2 N–H and O–H groups in total. The second kappa shape index (κ2) is 14.5. The minimum absolute atomic E-state index is 0. The van der Waals surface area contributed by atoms with E-state index in [2.05, 4.69) is 27.4 Å². The lowest BCUT2D eigenvalue weighted by Crippen LogP contribution is -2.40. The molecule has 0 unspecified atom stereocenters. The molecule has 22 heavy (non-hydrogen) atoms. The van der Waals surface area contributed by atoms with Crippen molar-refractivity contribution in [1.29, 1.82) is 0 Å². The molecular weight excluding hydrogens is 391 g/mol. The Hall–Kier alpha value is -0.0800. The van der Waals surface area contributed by atoms with Crippen LogP contribution < -0.4 is 10.6 Å². The SMILES string of the molecule is CCOCCCNC(=NC)NCCCN1CCC(C)CC1.I. The van der Waals surface area contributed by atoms with Crippen molar-refractivity contribution in [2.24, 2.45) is 10.9 Å². The Labute approximate surface area is 153 Å². The van der Waals surface area contributed by atoms with Crippen LogP contribution in [0.4, 0.5) is 0 Å². The minimum Gasteiger partial charge on any atom is -0.382 e. The van der Waals surface area contributed by atoms with E-state index in [1.807, 2.05) is 14.0 Å². The van der Waals surface area contributed by atoms with Gasteiger partial charge in [0.15, 0.2) is 5.96 Å². The van der Waals surface area contributed by atoms with Gasteiger partial charge in [-0.05, 0) is 58.2 Å². The van der Waals surface area contributed by atoms with E-state index >= 15 is 0 Å². The summed E-state index contributed by atoms with van der Waals surface area (Å²) in [5, 5.41) is 6.70. The molecule has 132 valence electrons. The van der Waals surface area contributed by atoms with Crippen LogP contribution in [-0.2, 0) is 4.74 Å². The highest BCUT2D eigenvalue weighted by atomic mass is 127. The minimum atomic E-state index is 0. The third-order valence-electron chi connectivity index (χ3n) is 4.01. The van der Waals surface area contributed by atoms with E-state index in [1.165, 1.54) is 38.9 Å². The highest BCUT2D eigenvalue weighted by Crippen LogP contribution is 2.15. The number of guanidine groups is 1. The maximum atomic E-state index is 5.32. The van der Waals surface area contributed by atoms with Gasteiger partial charge in [-0.15, -0.1) is 24.0 Å². The van der Waals surface area contributed by atoms with Crippen LogP contribution >= 0.6 is 24.0 Å². The average molecular weight is 426 g/mol. The van der Waals surface area contributed by atoms with Crippen LogP contribution in [0.1, 0.15) is 39.5 Å². The van der Waals surface area contributed by atoms with E-state index < -0.39 is 0 Å². The molecule has 1 rings (SSSR count). The molecule has 0 spiro atoms. The fraction of sp³-hybridized carbons (Fsp3) is 0.938. The third kappa shape index (κ3) is 10.6. The topological polar surface area (TPSA) is 48.9 Å². The molecule has 0 aromatic carbocycles. The molecule has 0 aromatic heterocycles. The second-order valence-corrected chi connectivity index (χ2v) is 5.85. The van der Waals surface area contributed by atoms with Gasteiger partial charge in [0.2, 0.25) is 0 Å². The van der Waals surface area contributed by atoms with Crippen molar-refractivity contribution < 1.29 is 4.74 Å². The molecule has 6 heteroatoms. The molecule has 5 nitrogen and oxygen atoms in total. The number of piperidine rings is 1. The van der Waals surface area contributed by atoms with Crippen LogP contribution in [0.15, 0.2) is 4.99 Å². The zero-order valence-electron chi connectivity index (χ0n) is 14.6. The summed E-state index contributed by atoms with van der Waals surface area (Å²) >= 11 is 0. The Balaban J connectivity index is 0.00000441. The van der Waals surface area contributed by atoms with Crippen molar-refractivity contribution in [2.75, 3.05) is 53.0 Å². The van der Waals surface area contributed by atoms with Gasteiger partial charge in [0.05, 0.1) is 0 Å². The molecule has 0 amide bonds. The summed E-state index contributed by atoms with van der Waals surface area (Å²) in [5.41, 5.74) is 0. The molecule has 1 saturated heterocycles. The zero-order chi connectivity index (χ0) is 15.3. The molecule has 1 aliphatic rings. The van der Waals surface area contributed by atoms with Gasteiger partial charge in [-0.3, -0.25) is 4.99 Å². The Morgan fingerprint density at radius 2 is 1.82 bits per heavy atom. The molecule has 0 saturated carbocycles. The van der Waals surface area contributed by atoms with E-state index in [0.717, 1.165) is 44.6 Å². The first-order chi connectivity index (χ1) is 10.3. The fourth-order valence-electron chi connectivity index (χ4n) is 2.54. The smallest absolute Gasteiger partial charge is 0.190 e. The summed E-state index contributed by atoms with van der Waals surface area (Å²) in [6, 6.07) is 0. The summed E-state index contributed by atoms with van der Waals surface area (Å²) in [6.07, 6.45) is 4.90. The maximum absolute atomic E-state index is 5.32. The predicted molar refractivity (Wildman–Crippen MR) is 105 cm³/mol. The Kier molecular flexibility index (Phi) is 14.5. The largest absolute Gasteiger partial charge is 0.382 e. The van der Waals surface area contributed by atoms with Crippen LogP contribution in [0, 0.1) is 5.92 Å². The Morgan fingerprint density at radius 3 is 2.41 bits per heavy atom. The van der Waals surface area contributed by atoms with E-state index in [1.54, 1.807) is 0 Å². The van der Waals surface area contributed by atoms with Gasteiger partial charge in [0, 0.05) is 33.4 Å². The highest BCUT2D eigenvalue weighted by Gasteiger charge is 2.14. The first-order valence-corrected chi connectivity index (χ1v) is 8.50. The normalized spacial score (nSPS) is 17.1. The lowest BCUT2D eigenvalue weighted by atomic mass is 9.99. The van der Waals surface area contributed by atoms with Gasteiger partial charge in [0.25, 0.3) is 0 Å². The molecule has 0 radical (unpaired) electrons. The summed E-state index contributed by atoms with van der Waals surface area (Å²) in [7, 11) is 1.82. The number of aliphatic imine (C=N–C) groups is 1. The molecule has 1 aliphatic heterocycles. The quantitative estimate of drug-likeness (QED) is 0.257. The number of hydrogen-bond donors (Lipinski definition) is 2. The number of rotatable bonds is 9. The summed E-state index contributed by atoms with van der Waals surface area (Å²) in [6.45, 7) is 11.6. The van der Waals surface area contributed by atoms with Crippen molar-refractivity contribution in [1.82, 2.24) is 15.5 Å². The summed E-state index contributed by atoms with van der Waals surface area (Å²) in [4.78, 5) is 6.82. The van der Waals surface area contributed by atoms with Crippen LogP contribution in [0.5, 0.6) is 0 Å². The van der Waals surface area contributed by atoms with E-state index in [9.17, 15) is 0 Å². The van der Waals surface area contributed by atoms with E-state index in [-0.39, 0.29) is 24.0 Å². The molecule has 1 fully saturated rings. The number of halogens is 1. The number of hydrogen-bond acceptors (Lipinski definition) is 3. The molecule has 1 heterocycles. The number of ether oxygens (including phenoxy) is 1. The number of nitrogens with one attached hydrogen (secondary N) is 2. The van der Waals surface area contributed by atoms with E-state index in [4.69, 9.17) is 4.74 Å². The first-order valence-electron chi connectivity index (χ1n) is 8.50. The Morgan fingerprint density at radius 1 is 1.18 bits per heavy atom. The predicted octanol–water partition coefficient (Wildman–Crippen LogP) is 2.32. The van der Waals surface area contributed by atoms with Crippen LogP contribution in [0.25, 0.3) is 0 Å². The third-order valence-corrected chi connectivity index (χ3v) is 4.01. The van der Waals surface area contributed by atoms with Gasteiger partial charge < -0.3 is 20.3 Å². The zero-order valence-corrected chi connectivity index (χ0v) is 16.9. The first kappa shape index (κ1) is 21.9. The van der Waals surface area contributed by atoms with Crippen molar-refractivity contribution in [3.63, 3.8) is 0 Å². The second-order valence-electron chi connectivity index (χ2n) is 5.85. The average Bonchev–Trinajstić information content (AvgIpc) is 2.51. The van der Waals surface area contributed by atoms with Gasteiger partial charge in [-0.25, -0.2) is 0 Å². The molecule has 0 aromatic rings. The Bertz CT molecular complexity index is 281. The van der Waals surface area contributed by atoms with Crippen molar-refractivity contribution in [3.8, 4) is 0 Å². The van der Waals surface area contributed by atoms with Gasteiger partial charge >= 0.3 is 0 Å².